The molecular formula is C13H15N2O5+. The van der Waals surface area contributed by atoms with Gasteiger partial charge in [-0.2, -0.15) is 0 Å². The molecule has 0 aliphatic carbocycles. The highest BCUT2D eigenvalue weighted by Gasteiger charge is 2.16. The number of esters is 1. The lowest BCUT2D eigenvalue weighted by atomic mass is 10.3. The summed E-state index contributed by atoms with van der Waals surface area (Å²) in [7, 11) is 0. The van der Waals surface area contributed by atoms with Gasteiger partial charge in [0, 0.05) is 6.07 Å². The molecule has 20 heavy (non-hydrogen) atoms. The van der Waals surface area contributed by atoms with E-state index in [9.17, 15) is 9.59 Å². The standard InChI is InChI=1S/C13H14N2O5/c16-12(10-2-1-3-14-8-10)15-4-5-20-13(17)11-9-18-6-7-19-11/h1-3,8-9H,4-7H2,(H,15,16)/p+1. The number of hydrogen-bond acceptors (Lipinski definition) is 5. The van der Waals surface area contributed by atoms with Crippen molar-refractivity contribution in [3.8, 4) is 0 Å². The quantitative estimate of drug-likeness (QED) is 0.588. The molecule has 0 bridgehead atoms. The van der Waals surface area contributed by atoms with Crippen molar-refractivity contribution in [1.82, 2.24) is 5.32 Å². The van der Waals surface area contributed by atoms with Crippen LogP contribution < -0.4 is 10.3 Å². The van der Waals surface area contributed by atoms with E-state index in [1.807, 2.05) is 0 Å². The Bertz CT molecular complexity index is 501. The van der Waals surface area contributed by atoms with Gasteiger partial charge >= 0.3 is 5.97 Å². The summed E-state index contributed by atoms with van der Waals surface area (Å²) in [6.07, 6.45) is 4.52. The first-order chi connectivity index (χ1) is 9.77. The summed E-state index contributed by atoms with van der Waals surface area (Å²) in [5.41, 5.74) is 0.505. The van der Waals surface area contributed by atoms with Gasteiger partial charge in [-0.15, -0.1) is 0 Å². The van der Waals surface area contributed by atoms with E-state index < -0.39 is 5.97 Å². The number of carbonyl (C=O) groups excluding carboxylic acids is 2. The number of amides is 1. The van der Waals surface area contributed by atoms with E-state index >= 15 is 0 Å². The molecule has 2 rings (SSSR count). The first-order valence-corrected chi connectivity index (χ1v) is 6.13. The fourth-order valence-corrected chi connectivity index (χ4v) is 1.49. The predicted molar refractivity (Wildman–Crippen MR) is 66.3 cm³/mol. The minimum Gasteiger partial charge on any atom is -0.493 e. The molecule has 1 aliphatic heterocycles. The van der Waals surface area contributed by atoms with E-state index in [2.05, 4.69) is 10.3 Å². The van der Waals surface area contributed by atoms with Crippen LogP contribution in [0.25, 0.3) is 0 Å². The van der Waals surface area contributed by atoms with Crippen LogP contribution in [0.15, 0.2) is 36.5 Å². The summed E-state index contributed by atoms with van der Waals surface area (Å²) in [6.45, 7) is 1.01. The van der Waals surface area contributed by atoms with Crippen molar-refractivity contribution in [1.29, 1.82) is 0 Å². The van der Waals surface area contributed by atoms with Gasteiger partial charge in [-0.1, -0.05) is 0 Å². The minimum absolute atomic E-state index is 0.0419. The molecule has 7 heteroatoms. The SMILES string of the molecule is O=C(OCCNC(=O)c1ccc[nH+]c1)C1=COCCO1. The average molecular weight is 279 g/mol. The number of hydrogen-bond donors (Lipinski definition) is 1. The lowest BCUT2D eigenvalue weighted by Crippen LogP contribution is -2.29. The minimum atomic E-state index is -0.605. The summed E-state index contributed by atoms with van der Waals surface area (Å²) < 4.78 is 14.9. The van der Waals surface area contributed by atoms with E-state index in [1.54, 1.807) is 24.5 Å². The van der Waals surface area contributed by atoms with Crippen molar-refractivity contribution in [3.05, 3.63) is 42.1 Å². The maximum absolute atomic E-state index is 11.7. The fraction of sp³-hybridized carbons (Fsp3) is 0.308. The molecule has 0 aromatic carbocycles. The monoisotopic (exact) mass is 279 g/mol. The van der Waals surface area contributed by atoms with Crippen molar-refractivity contribution < 1.29 is 28.8 Å². The lowest BCUT2D eigenvalue weighted by molar-refractivity contribution is -0.378. The second-order valence-electron chi connectivity index (χ2n) is 3.89. The van der Waals surface area contributed by atoms with Crippen LogP contribution in [-0.4, -0.2) is 38.2 Å². The summed E-state index contributed by atoms with van der Waals surface area (Å²) in [5.74, 6) is -0.804. The Kier molecular flexibility index (Phi) is 4.94. The Labute approximate surface area is 115 Å². The molecule has 7 nitrogen and oxygen atoms in total. The van der Waals surface area contributed by atoms with Crippen molar-refractivity contribution in [2.45, 2.75) is 0 Å². The number of aromatic amines is 1. The number of carbonyl (C=O) groups is 2. The normalized spacial score (nSPS) is 13.5. The molecule has 0 fully saturated rings. The first-order valence-electron chi connectivity index (χ1n) is 6.13. The molecule has 0 saturated heterocycles. The molecule has 2 N–H and O–H groups in total. The zero-order chi connectivity index (χ0) is 14.2. The molecule has 0 radical (unpaired) electrons. The van der Waals surface area contributed by atoms with Crippen molar-refractivity contribution in [3.63, 3.8) is 0 Å². The van der Waals surface area contributed by atoms with Crippen LogP contribution in [0.1, 0.15) is 10.4 Å². The third-order valence-corrected chi connectivity index (χ3v) is 2.44. The Balaban J connectivity index is 1.67. The van der Waals surface area contributed by atoms with Crippen LogP contribution in [0, 0.1) is 0 Å². The molecular weight excluding hydrogens is 264 g/mol. The number of nitrogens with one attached hydrogen (secondary N) is 2. The van der Waals surface area contributed by atoms with Gasteiger partial charge in [-0.3, -0.25) is 4.79 Å². The third kappa shape index (κ3) is 3.98. The zero-order valence-corrected chi connectivity index (χ0v) is 10.8. The molecule has 1 aromatic rings. The summed E-state index contributed by atoms with van der Waals surface area (Å²) in [6, 6.07) is 3.40. The summed E-state index contributed by atoms with van der Waals surface area (Å²) >= 11 is 0. The largest absolute Gasteiger partial charge is 0.493 e. The van der Waals surface area contributed by atoms with Crippen molar-refractivity contribution in [2.75, 3.05) is 26.4 Å². The molecule has 1 aromatic heterocycles. The van der Waals surface area contributed by atoms with Crippen molar-refractivity contribution >= 4 is 11.9 Å². The predicted octanol–water partition coefficient (Wildman–Crippen LogP) is -0.338. The van der Waals surface area contributed by atoms with Crippen molar-refractivity contribution in [2.24, 2.45) is 0 Å². The van der Waals surface area contributed by atoms with Crippen LogP contribution in [0.4, 0.5) is 0 Å². The van der Waals surface area contributed by atoms with E-state index in [4.69, 9.17) is 14.2 Å². The van der Waals surface area contributed by atoms with Gasteiger partial charge < -0.3 is 19.5 Å². The molecule has 0 unspecified atom stereocenters. The number of pyridine rings is 1. The average Bonchev–Trinajstić information content (AvgIpc) is 2.53. The number of H-pyrrole nitrogens is 1. The van der Waals surface area contributed by atoms with Gasteiger partial charge in [0.25, 0.3) is 5.91 Å². The molecule has 106 valence electrons. The van der Waals surface area contributed by atoms with Gasteiger partial charge in [0.1, 0.15) is 31.6 Å². The Morgan fingerprint density at radius 3 is 3.00 bits per heavy atom. The van der Waals surface area contributed by atoms with Crippen LogP contribution in [0.2, 0.25) is 0 Å². The highest BCUT2D eigenvalue weighted by Crippen LogP contribution is 2.05. The van der Waals surface area contributed by atoms with E-state index in [1.165, 1.54) is 6.26 Å². The summed E-state index contributed by atoms with van der Waals surface area (Å²) in [5, 5.41) is 2.63. The Hall–Kier alpha value is -2.57. The van der Waals surface area contributed by atoms with Gasteiger partial charge in [-0.05, 0) is 6.07 Å². The topological polar surface area (TPSA) is 88.0 Å². The lowest BCUT2D eigenvalue weighted by Gasteiger charge is -2.14. The summed E-state index contributed by atoms with van der Waals surface area (Å²) in [4.78, 5) is 26.0. The Morgan fingerprint density at radius 2 is 2.30 bits per heavy atom. The second kappa shape index (κ2) is 7.13. The third-order valence-electron chi connectivity index (χ3n) is 2.44. The van der Waals surface area contributed by atoms with Crippen LogP contribution in [0.3, 0.4) is 0 Å². The zero-order valence-electron chi connectivity index (χ0n) is 10.8. The van der Waals surface area contributed by atoms with E-state index in [0.29, 0.717) is 18.8 Å². The molecule has 2 heterocycles. The molecule has 0 saturated carbocycles. The highest BCUT2D eigenvalue weighted by atomic mass is 16.6. The van der Waals surface area contributed by atoms with Gasteiger partial charge in [0.15, 0.2) is 12.4 Å². The Morgan fingerprint density at radius 1 is 1.40 bits per heavy atom. The smallest absolute Gasteiger partial charge is 0.376 e. The van der Waals surface area contributed by atoms with Crippen LogP contribution in [0.5, 0.6) is 0 Å². The number of aromatic nitrogens is 1. The fourth-order valence-electron chi connectivity index (χ4n) is 1.49. The molecule has 1 amide bonds. The van der Waals surface area contributed by atoms with Crippen LogP contribution in [-0.2, 0) is 19.0 Å². The second-order valence-corrected chi connectivity index (χ2v) is 3.89. The van der Waals surface area contributed by atoms with E-state index in [0.717, 1.165) is 0 Å². The van der Waals surface area contributed by atoms with Gasteiger partial charge in [0.2, 0.25) is 5.76 Å². The molecule has 0 spiro atoms. The van der Waals surface area contributed by atoms with E-state index in [-0.39, 0.29) is 24.8 Å². The number of rotatable bonds is 5. The molecule has 1 aliphatic rings. The molecule has 0 atom stereocenters. The number of ether oxygens (including phenoxy) is 3. The van der Waals surface area contributed by atoms with Gasteiger partial charge in [0.05, 0.1) is 6.54 Å². The first kappa shape index (κ1) is 13.9. The van der Waals surface area contributed by atoms with Crippen LogP contribution >= 0.6 is 0 Å². The maximum Gasteiger partial charge on any atom is 0.376 e. The highest BCUT2D eigenvalue weighted by molar-refractivity contribution is 5.93. The van der Waals surface area contributed by atoms with Gasteiger partial charge in [-0.25, -0.2) is 9.78 Å². The maximum atomic E-state index is 11.7.